The van der Waals surface area contributed by atoms with E-state index < -0.39 is 0 Å². The summed E-state index contributed by atoms with van der Waals surface area (Å²) < 4.78 is 0. The first-order valence-electron chi connectivity index (χ1n) is 4.81. The minimum absolute atomic E-state index is 0.958. The predicted molar refractivity (Wildman–Crippen MR) is 56.9 cm³/mol. The smallest absolute Gasteiger partial charge is 0.0389 e. The lowest BCUT2D eigenvalue weighted by Gasteiger charge is -2.04. The van der Waals surface area contributed by atoms with Crippen LogP contribution in [0.15, 0.2) is 16.1 Å². The molecule has 0 saturated carbocycles. The molecule has 12 heavy (non-hydrogen) atoms. The van der Waals surface area contributed by atoms with Crippen molar-refractivity contribution >= 4 is 5.71 Å². The molecule has 0 spiro atoms. The zero-order chi connectivity index (χ0) is 9.56. The maximum Gasteiger partial charge on any atom is 0.0389 e. The topological polar surface area (TPSA) is 12.4 Å². The summed E-state index contributed by atoms with van der Waals surface area (Å²) in [5, 5.41) is 0. The summed E-state index contributed by atoms with van der Waals surface area (Å²) in [6.07, 6.45) is 2.26. The van der Waals surface area contributed by atoms with Crippen molar-refractivity contribution in [1.29, 1.82) is 0 Å². The predicted octanol–water partition coefficient (Wildman–Crippen LogP) is 3.60. The quantitative estimate of drug-likeness (QED) is 0.567. The van der Waals surface area contributed by atoms with Gasteiger partial charge in [0.1, 0.15) is 0 Å². The molecule has 0 fully saturated rings. The molecule has 0 aliphatic heterocycles. The van der Waals surface area contributed by atoms with Crippen LogP contribution in [0.1, 0.15) is 47.5 Å². The van der Waals surface area contributed by atoms with Gasteiger partial charge in [-0.1, -0.05) is 19.4 Å². The summed E-state index contributed by atoms with van der Waals surface area (Å²) >= 11 is 0. The lowest BCUT2D eigenvalue weighted by molar-refractivity contribution is 0.929. The van der Waals surface area contributed by atoms with Crippen molar-refractivity contribution < 1.29 is 0 Å². The van der Waals surface area contributed by atoms with Gasteiger partial charge in [0.25, 0.3) is 0 Å². The van der Waals surface area contributed by atoms with E-state index in [4.69, 9.17) is 0 Å². The fourth-order valence-corrected chi connectivity index (χ4v) is 0.972. The van der Waals surface area contributed by atoms with E-state index >= 15 is 0 Å². The molecule has 0 bridgehead atoms. The van der Waals surface area contributed by atoms with Gasteiger partial charge in [-0.2, -0.15) is 0 Å². The van der Waals surface area contributed by atoms with Crippen LogP contribution in [0.4, 0.5) is 0 Å². The first-order chi connectivity index (χ1) is 5.63. The summed E-state index contributed by atoms with van der Waals surface area (Å²) in [7, 11) is 0. The molecule has 0 heterocycles. The summed E-state index contributed by atoms with van der Waals surface area (Å²) in [5.74, 6) is 0. The van der Waals surface area contributed by atoms with E-state index in [0.29, 0.717) is 0 Å². The molecule has 0 radical (unpaired) electrons. The maximum absolute atomic E-state index is 4.47. The number of hydrogen-bond acceptors (Lipinski definition) is 1. The van der Waals surface area contributed by atoms with Crippen LogP contribution in [0.25, 0.3) is 0 Å². The molecular weight excluding hydrogens is 146 g/mol. The van der Waals surface area contributed by atoms with Gasteiger partial charge in [0.15, 0.2) is 0 Å². The Morgan fingerprint density at radius 2 is 1.67 bits per heavy atom. The molecule has 0 aromatic heterocycles. The molecule has 0 N–H and O–H groups in total. The minimum Gasteiger partial charge on any atom is -0.290 e. The standard InChI is InChI=1S/C11H21N/c1-6-8-12-11(5)10(4)9(3)7-2/h6-8H2,1-5H3/b10-9+,12-11?. The molecule has 0 aromatic rings. The van der Waals surface area contributed by atoms with Gasteiger partial charge in [-0.15, -0.1) is 0 Å². The highest BCUT2D eigenvalue weighted by Gasteiger charge is 1.97. The van der Waals surface area contributed by atoms with E-state index in [9.17, 15) is 0 Å². The Morgan fingerprint density at radius 1 is 1.08 bits per heavy atom. The molecular formula is C11H21N. The Labute approximate surface area is 76.6 Å². The first kappa shape index (κ1) is 11.4. The molecule has 0 amide bonds. The van der Waals surface area contributed by atoms with Gasteiger partial charge >= 0.3 is 0 Å². The van der Waals surface area contributed by atoms with E-state index in [1.54, 1.807) is 0 Å². The minimum atomic E-state index is 0.958. The van der Waals surface area contributed by atoms with Crippen LogP contribution in [0.3, 0.4) is 0 Å². The third-order valence-corrected chi connectivity index (χ3v) is 2.29. The van der Waals surface area contributed by atoms with Gasteiger partial charge in [-0.3, -0.25) is 4.99 Å². The lowest BCUT2D eigenvalue weighted by atomic mass is 10.1. The Morgan fingerprint density at radius 3 is 2.08 bits per heavy atom. The highest BCUT2D eigenvalue weighted by Crippen LogP contribution is 2.08. The van der Waals surface area contributed by atoms with Gasteiger partial charge in [0.2, 0.25) is 0 Å². The molecule has 1 nitrogen and oxygen atoms in total. The van der Waals surface area contributed by atoms with Crippen LogP contribution in [0.2, 0.25) is 0 Å². The van der Waals surface area contributed by atoms with Crippen LogP contribution in [-0.2, 0) is 0 Å². The molecule has 0 aromatic carbocycles. The fourth-order valence-electron chi connectivity index (χ4n) is 0.972. The second-order valence-electron chi connectivity index (χ2n) is 3.23. The Bertz CT molecular complexity index is 187. The largest absolute Gasteiger partial charge is 0.290 e. The maximum atomic E-state index is 4.47. The zero-order valence-corrected chi connectivity index (χ0v) is 9.07. The van der Waals surface area contributed by atoms with Gasteiger partial charge < -0.3 is 0 Å². The number of hydrogen-bond donors (Lipinski definition) is 0. The highest BCUT2D eigenvalue weighted by atomic mass is 14.7. The second-order valence-corrected chi connectivity index (χ2v) is 3.23. The number of rotatable bonds is 4. The lowest BCUT2D eigenvalue weighted by Crippen LogP contribution is -1.98. The van der Waals surface area contributed by atoms with Crippen molar-refractivity contribution in [2.75, 3.05) is 6.54 Å². The van der Waals surface area contributed by atoms with Gasteiger partial charge in [0, 0.05) is 12.3 Å². The summed E-state index contributed by atoms with van der Waals surface area (Å²) in [6, 6.07) is 0. The van der Waals surface area contributed by atoms with E-state index in [1.165, 1.54) is 16.9 Å². The second kappa shape index (κ2) is 5.99. The average Bonchev–Trinajstić information content (AvgIpc) is 2.11. The molecule has 0 unspecified atom stereocenters. The average molecular weight is 167 g/mol. The SMILES string of the molecule is CCCN=C(C)/C(C)=C(\C)CC. The molecule has 70 valence electrons. The monoisotopic (exact) mass is 167 g/mol. The normalized spacial score (nSPS) is 14.6. The van der Waals surface area contributed by atoms with Gasteiger partial charge in [-0.05, 0) is 39.2 Å². The van der Waals surface area contributed by atoms with Crippen molar-refractivity contribution in [2.45, 2.75) is 47.5 Å². The number of nitrogens with zero attached hydrogens (tertiary/aromatic N) is 1. The Balaban J connectivity index is 4.36. The van der Waals surface area contributed by atoms with Crippen molar-refractivity contribution in [2.24, 2.45) is 4.99 Å². The van der Waals surface area contributed by atoms with E-state index in [0.717, 1.165) is 19.4 Å². The van der Waals surface area contributed by atoms with Crippen LogP contribution in [0.5, 0.6) is 0 Å². The van der Waals surface area contributed by atoms with E-state index in [2.05, 4.69) is 39.6 Å². The Kier molecular flexibility index (Phi) is 5.69. The van der Waals surface area contributed by atoms with Crippen LogP contribution in [-0.4, -0.2) is 12.3 Å². The van der Waals surface area contributed by atoms with Gasteiger partial charge in [0.05, 0.1) is 0 Å². The summed E-state index contributed by atoms with van der Waals surface area (Å²) in [4.78, 5) is 4.47. The molecule has 0 aliphatic carbocycles. The zero-order valence-electron chi connectivity index (χ0n) is 9.07. The fraction of sp³-hybridized carbons (Fsp3) is 0.727. The van der Waals surface area contributed by atoms with Crippen molar-refractivity contribution in [3.05, 3.63) is 11.1 Å². The Hall–Kier alpha value is -0.590. The van der Waals surface area contributed by atoms with Crippen LogP contribution < -0.4 is 0 Å². The number of aliphatic imine (C=N–C) groups is 1. The van der Waals surface area contributed by atoms with Crippen LogP contribution in [0, 0.1) is 0 Å². The summed E-state index contributed by atoms with van der Waals surface area (Å²) in [5.41, 5.74) is 4.02. The molecule has 0 saturated heterocycles. The summed E-state index contributed by atoms with van der Waals surface area (Å²) in [6.45, 7) is 11.7. The number of allylic oxidation sites excluding steroid dienone is 2. The van der Waals surface area contributed by atoms with E-state index in [1.807, 2.05) is 0 Å². The third kappa shape index (κ3) is 3.70. The highest BCUT2D eigenvalue weighted by molar-refractivity contribution is 5.98. The molecule has 0 aliphatic rings. The van der Waals surface area contributed by atoms with Crippen LogP contribution >= 0.6 is 0 Å². The van der Waals surface area contributed by atoms with Crippen molar-refractivity contribution in [3.63, 3.8) is 0 Å². The molecule has 0 atom stereocenters. The molecule has 0 rings (SSSR count). The van der Waals surface area contributed by atoms with Crippen molar-refractivity contribution in [3.8, 4) is 0 Å². The molecule has 1 heteroatoms. The third-order valence-electron chi connectivity index (χ3n) is 2.29. The van der Waals surface area contributed by atoms with Gasteiger partial charge in [-0.25, -0.2) is 0 Å². The van der Waals surface area contributed by atoms with Crippen molar-refractivity contribution in [1.82, 2.24) is 0 Å². The first-order valence-corrected chi connectivity index (χ1v) is 4.81. The van der Waals surface area contributed by atoms with E-state index in [-0.39, 0.29) is 0 Å².